The van der Waals surface area contributed by atoms with E-state index in [1.807, 2.05) is 6.07 Å². The van der Waals surface area contributed by atoms with Crippen molar-refractivity contribution in [2.24, 2.45) is 17.3 Å². The molecule has 3 heterocycles. The van der Waals surface area contributed by atoms with Gasteiger partial charge in [-0.3, -0.25) is 4.79 Å². The summed E-state index contributed by atoms with van der Waals surface area (Å²) in [5, 5.41) is 19.9. The molecule has 1 saturated heterocycles. The number of rotatable bonds is 8. The Hall–Kier alpha value is -2.92. The fraction of sp³-hybridized carbons (Fsp3) is 0.636. The van der Waals surface area contributed by atoms with Gasteiger partial charge in [0.05, 0.1) is 25.0 Å². The largest absolute Gasteiger partial charge is 0.465 e. The zero-order valence-electron chi connectivity index (χ0n) is 18.5. The van der Waals surface area contributed by atoms with Crippen molar-refractivity contribution in [3.05, 3.63) is 23.5 Å². The quantitative estimate of drug-likeness (QED) is 0.507. The van der Waals surface area contributed by atoms with Gasteiger partial charge in [0.1, 0.15) is 17.6 Å². The summed E-state index contributed by atoms with van der Waals surface area (Å²) in [6.07, 6.45) is 0.340. The maximum Gasteiger partial charge on any atom is 0.334 e. The second-order valence-corrected chi connectivity index (χ2v) is 7.31. The van der Waals surface area contributed by atoms with Gasteiger partial charge in [-0.05, 0) is 39.8 Å². The molecule has 0 saturated carbocycles. The van der Waals surface area contributed by atoms with E-state index in [4.69, 9.17) is 28.4 Å². The SMILES string of the molecule is CCOC(=O)C1=C[C@@]2(C#N)O[C@@H](OCC)[C@@H]1[C@H]1[C@@H](OCC)OC(C#N)=C[C@]12C(=O)OCC. The summed E-state index contributed by atoms with van der Waals surface area (Å²) in [6, 6.07) is 3.94. The molecule has 0 aromatic carbocycles. The predicted molar refractivity (Wildman–Crippen MR) is 106 cm³/mol. The van der Waals surface area contributed by atoms with Crippen LogP contribution in [0.1, 0.15) is 27.7 Å². The van der Waals surface area contributed by atoms with Crippen LogP contribution in [0.3, 0.4) is 0 Å². The third kappa shape index (κ3) is 3.36. The number of nitriles is 2. The summed E-state index contributed by atoms with van der Waals surface area (Å²) in [4.78, 5) is 26.4. The van der Waals surface area contributed by atoms with Crippen LogP contribution in [-0.2, 0) is 38.0 Å². The monoisotopic (exact) mass is 446 g/mol. The van der Waals surface area contributed by atoms with E-state index in [9.17, 15) is 20.1 Å². The molecule has 10 heteroatoms. The van der Waals surface area contributed by atoms with Crippen molar-refractivity contribution in [2.45, 2.75) is 45.9 Å². The number of carbonyl (C=O) groups is 2. The van der Waals surface area contributed by atoms with Crippen molar-refractivity contribution in [3.63, 3.8) is 0 Å². The van der Waals surface area contributed by atoms with E-state index in [1.165, 1.54) is 12.2 Å². The van der Waals surface area contributed by atoms with Gasteiger partial charge in [0.2, 0.25) is 6.29 Å². The van der Waals surface area contributed by atoms with Crippen molar-refractivity contribution >= 4 is 11.9 Å². The van der Waals surface area contributed by atoms with Gasteiger partial charge < -0.3 is 28.4 Å². The van der Waals surface area contributed by atoms with E-state index >= 15 is 0 Å². The molecule has 0 radical (unpaired) electrons. The van der Waals surface area contributed by atoms with E-state index < -0.39 is 47.4 Å². The molecule has 32 heavy (non-hydrogen) atoms. The molecule has 0 unspecified atom stereocenters. The molecular formula is C22H26N2O8. The lowest BCUT2D eigenvalue weighted by Crippen LogP contribution is -2.72. The van der Waals surface area contributed by atoms with Crippen LogP contribution >= 0.6 is 0 Å². The lowest BCUT2D eigenvalue weighted by Gasteiger charge is -2.60. The first-order valence-corrected chi connectivity index (χ1v) is 10.6. The predicted octanol–water partition coefficient (Wildman–Crippen LogP) is 1.73. The van der Waals surface area contributed by atoms with Crippen LogP contribution < -0.4 is 0 Å². The molecule has 4 aliphatic rings. The third-order valence-corrected chi connectivity index (χ3v) is 5.80. The molecule has 6 atom stereocenters. The van der Waals surface area contributed by atoms with Gasteiger partial charge in [-0.25, -0.2) is 4.79 Å². The first kappa shape index (κ1) is 23.7. The van der Waals surface area contributed by atoms with Crippen LogP contribution in [-0.4, -0.2) is 56.5 Å². The Balaban J connectivity index is 2.36. The van der Waals surface area contributed by atoms with E-state index in [2.05, 4.69) is 6.07 Å². The normalized spacial score (nSPS) is 34.7. The highest BCUT2D eigenvalue weighted by Crippen LogP contribution is 2.62. The molecular weight excluding hydrogens is 420 g/mol. The fourth-order valence-electron chi connectivity index (χ4n) is 4.71. The van der Waals surface area contributed by atoms with Crippen molar-refractivity contribution in [3.8, 4) is 12.1 Å². The highest BCUT2D eigenvalue weighted by molar-refractivity contribution is 5.93. The van der Waals surface area contributed by atoms with Crippen molar-refractivity contribution < 1.29 is 38.0 Å². The number of ether oxygens (including phenoxy) is 6. The van der Waals surface area contributed by atoms with Gasteiger partial charge in [0, 0.05) is 18.8 Å². The Morgan fingerprint density at radius 3 is 2.22 bits per heavy atom. The molecule has 0 aromatic rings. The number of allylic oxidation sites excluding steroid dienone is 1. The second kappa shape index (κ2) is 9.29. The maximum atomic E-state index is 13.5. The van der Waals surface area contributed by atoms with Crippen LogP contribution in [0.4, 0.5) is 0 Å². The molecule has 0 spiro atoms. The van der Waals surface area contributed by atoms with Crippen molar-refractivity contribution in [2.75, 3.05) is 26.4 Å². The summed E-state index contributed by atoms with van der Waals surface area (Å²) in [5.74, 6) is -3.51. The minimum atomic E-state index is -2.03. The summed E-state index contributed by atoms with van der Waals surface area (Å²) in [6.45, 7) is 7.29. The average molecular weight is 446 g/mol. The van der Waals surface area contributed by atoms with E-state index in [0.29, 0.717) is 0 Å². The summed E-state index contributed by atoms with van der Waals surface area (Å²) in [5.41, 5.74) is -3.71. The zero-order chi connectivity index (χ0) is 23.5. The second-order valence-electron chi connectivity index (χ2n) is 7.31. The molecule has 0 amide bonds. The number of nitrogens with zero attached hydrogens (tertiary/aromatic N) is 2. The number of hydrogen-bond donors (Lipinski definition) is 0. The zero-order valence-corrected chi connectivity index (χ0v) is 18.5. The Bertz CT molecular complexity index is 916. The minimum Gasteiger partial charge on any atom is -0.465 e. The molecule has 172 valence electrons. The van der Waals surface area contributed by atoms with Crippen LogP contribution in [0, 0.1) is 39.9 Å². The summed E-state index contributed by atoms with van der Waals surface area (Å²) < 4.78 is 33.9. The minimum absolute atomic E-state index is 0.0265. The highest BCUT2D eigenvalue weighted by atomic mass is 16.7. The molecule has 1 aliphatic carbocycles. The van der Waals surface area contributed by atoms with Crippen LogP contribution in [0.2, 0.25) is 0 Å². The van der Waals surface area contributed by atoms with Gasteiger partial charge >= 0.3 is 11.9 Å². The van der Waals surface area contributed by atoms with Gasteiger partial charge in [0.15, 0.2) is 17.7 Å². The Kier molecular flexibility index (Phi) is 6.89. The molecule has 2 bridgehead atoms. The maximum absolute atomic E-state index is 13.5. The Morgan fingerprint density at radius 1 is 1.00 bits per heavy atom. The number of fused-ring (bicyclic) bond motifs is 1. The lowest BCUT2D eigenvalue weighted by molar-refractivity contribution is -0.321. The first-order valence-electron chi connectivity index (χ1n) is 10.6. The van der Waals surface area contributed by atoms with Gasteiger partial charge in [0.25, 0.3) is 0 Å². The fourth-order valence-corrected chi connectivity index (χ4v) is 4.71. The molecule has 1 fully saturated rings. The van der Waals surface area contributed by atoms with Crippen molar-refractivity contribution in [1.29, 1.82) is 10.5 Å². The summed E-state index contributed by atoms with van der Waals surface area (Å²) >= 11 is 0. The highest BCUT2D eigenvalue weighted by Gasteiger charge is 2.76. The van der Waals surface area contributed by atoms with E-state index in [1.54, 1.807) is 27.7 Å². The van der Waals surface area contributed by atoms with Gasteiger partial charge in [-0.15, -0.1) is 0 Å². The van der Waals surface area contributed by atoms with Crippen LogP contribution in [0.5, 0.6) is 0 Å². The molecule has 0 aromatic heterocycles. The van der Waals surface area contributed by atoms with Gasteiger partial charge in [-0.2, -0.15) is 10.5 Å². The van der Waals surface area contributed by atoms with E-state index in [0.717, 1.165) is 0 Å². The molecule has 4 rings (SSSR count). The van der Waals surface area contributed by atoms with E-state index in [-0.39, 0.29) is 37.8 Å². The van der Waals surface area contributed by atoms with Crippen LogP contribution in [0.25, 0.3) is 0 Å². The summed E-state index contributed by atoms with van der Waals surface area (Å²) in [7, 11) is 0. The molecule has 0 N–H and O–H groups in total. The third-order valence-electron chi connectivity index (χ3n) is 5.80. The molecule has 3 aliphatic heterocycles. The number of esters is 2. The number of carbonyl (C=O) groups excluding carboxylic acids is 2. The number of hydrogen-bond acceptors (Lipinski definition) is 10. The lowest BCUT2D eigenvalue weighted by atomic mass is 9.51. The Labute approximate surface area is 186 Å². The smallest absolute Gasteiger partial charge is 0.334 e. The molecule has 10 nitrogen and oxygen atoms in total. The van der Waals surface area contributed by atoms with Gasteiger partial charge in [-0.1, -0.05) is 0 Å². The first-order chi connectivity index (χ1) is 15.4. The average Bonchev–Trinajstić information content (AvgIpc) is 2.79. The van der Waals surface area contributed by atoms with Crippen LogP contribution in [0.15, 0.2) is 23.5 Å². The standard InChI is InChI=1S/C22H26N2O8/c1-5-27-17(25)14-10-21(12-24)22(20(26)30-8-4)9-13(11-23)31-19(29-7-3)16(22)15(14)18(32-21)28-6-2/h9-10,15-16,18-19H,5-8H2,1-4H3/t15-,16-,18+,19-,21-,22+/m0/s1. The van der Waals surface area contributed by atoms with Crippen molar-refractivity contribution in [1.82, 2.24) is 0 Å². The topological polar surface area (TPSA) is 137 Å². The Morgan fingerprint density at radius 2 is 1.66 bits per heavy atom.